The lowest BCUT2D eigenvalue weighted by atomic mass is 9.76. The number of rotatable bonds is 3. The molecule has 1 aromatic carbocycles. The summed E-state index contributed by atoms with van der Waals surface area (Å²) in [5.74, 6) is -0.255. The number of hydrogen-bond donors (Lipinski definition) is 1. The van der Waals surface area contributed by atoms with Gasteiger partial charge in [-0.15, -0.1) is 0 Å². The van der Waals surface area contributed by atoms with Gasteiger partial charge < -0.3 is 19.4 Å². The normalized spacial score (nSPS) is 21.6. The van der Waals surface area contributed by atoms with Gasteiger partial charge in [0.15, 0.2) is 0 Å². The van der Waals surface area contributed by atoms with E-state index in [2.05, 4.69) is 10.1 Å². The number of benzene rings is 1. The molecule has 0 bridgehead atoms. The van der Waals surface area contributed by atoms with E-state index in [0.29, 0.717) is 29.6 Å². The first-order valence-electron chi connectivity index (χ1n) is 7.86. The Morgan fingerprint density at radius 1 is 1.21 bits per heavy atom. The molecule has 1 amide bonds. The highest BCUT2D eigenvalue weighted by Crippen LogP contribution is 2.37. The Kier molecular flexibility index (Phi) is 4.08. The molecule has 0 unspecified atom stereocenters. The number of halogens is 2. The zero-order chi connectivity index (χ0) is 17.7. The summed E-state index contributed by atoms with van der Waals surface area (Å²) in [5.41, 5.74) is 0.155. The molecule has 24 heavy (non-hydrogen) atoms. The summed E-state index contributed by atoms with van der Waals surface area (Å²) < 4.78 is 42.1. The fourth-order valence-corrected chi connectivity index (χ4v) is 2.82. The van der Waals surface area contributed by atoms with E-state index in [1.807, 2.05) is 27.7 Å². The maximum absolute atomic E-state index is 12.8. The van der Waals surface area contributed by atoms with Crippen LogP contribution in [0.4, 0.5) is 8.78 Å². The number of hydrogen-bond acceptors (Lipinski definition) is 4. The number of alkyl halides is 2. The molecule has 1 saturated heterocycles. The summed E-state index contributed by atoms with van der Waals surface area (Å²) in [6, 6.07) is 3.02. The third kappa shape index (κ3) is 2.88. The van der Waals surface area contributed by atoms with E-state index in [0.717, 1.165) is 0 Å². The molecule has 2 heterocycles. The summed E-state index contributed by atoms with van der Waals surface area (Å²) in [5, 5.41) is 2.74. The molecule has 1 fully saturated rings. The third-order valence-electron chi connectivity index (χ3n) is 4.88. The molecular formula is C16H20BF2NO4. The number of carbonyl (C=O) groups is 1. The van der Waals surface area contributed by atoms with Gasteiger partial charge in [0.05, 0.1) is 11.2 Å². The highest BCUT2D eigenvalue weighted by molar-refractivity contribution is 6.63. The maximum Gasteiger partial charge on any atom is 0.498 e. The van der Waals surface area contributed by atoms with Gasteiger partial charge in [-0.2, -0.15) is 8.78 Å². The van der Waals surface area contributed by atoms with Gasteiger partial charge in [-0.1, -0.05) is 0 Å². The van der Waals surface area contributed by atoms with Crippen LogP contribution in [0.5, 0.6) is 5.75 Å². The van der Waals surface area contributed by atoms with Crippen LogP contribution in [0.1, 0.15) is 43.6 Å². The van der Waals surface area contributed by atoms with Crippen molar-refractivity contribution in [1.29, 1.82) is 0 Å². The SMILES string of the molecule is CC1(C)OB(c2cc3c(cc2OC(F)F)CCNC3=O)OC1(C)C. The van der Waals surface area contributed by atoms with Crippen LogP contribution in [0.25, 0.3) is 0 Å². The minimum atomic E-state index is -2.97. The van der Waals surface area contributed by atoms with E-state index in [1.54, 1.807) is 0 Å². The molecular weight excluding hydrogens is 319 g/mol. The number of carbonyl (C=O) groups excluding carboxylic acids is 1. The van der Waals surface area contributed by atoms with Crippen molar-refractivity contribution in [3.05, 3.63) is 23.3 Å². The summed E-state index contributed by atoms with van der Waals surface area (Å²) in [6.45, 7) is 4.96. The third-order valence-corrected chi connectivity index (χ3v) is 4.88. The van der Waals surface area contributed by atoms with Gasteiger partial charge >= 0.3 is 13.7 Å². The molecule has 130 valence electrons. The predicted octanol–water partition coefficient (Wildman–Crippen LogP) is 1.87. The Labute approximate surface area is 139 Å². The molecule has 0 atom stereocenters. The van der Waals surface area contributed by atoms with Gasteiger partial charge in [-0.3, -0.25) is 4.79 Å². The number of fused-ring (bicyclic) bond motifs is 1. The van der Waals surface area contributed by atoms with Gasteiger partial charge in [-0.25, -0.2) is 0 Å². The molecule has 0 spiro atoms. The van der Waals surface area contributed by atoms with E-state index >= 15 is 0 Å². The summed E-state index contributed by atoms with van der Waals surface area (Å²) >= 11 is 0. The van der Waals surface area contributed by atoms with Crippen LogP contribution in [0.3, 0.4) is 0 Å². The average Bonchev–Trinajstić information content (AvgIpc) is 2.66. The highest BCUT2D eigenvalue weighted by atomic mass is 19.3. The lowest BCUT2D eigenvalue weighted by molar-refractivity contribution is -0.0493. The Bertz CT molecular complexity index is 662. The first kappa shape index (κ1) is 17.2. The van der Waals surface area contributed by atoms with Crippen LogP contribution in [0.15, 0.2) is 12.1 Å². The van der Waals surface area contributed by atoms with Crippen LogP contribution in [0, 0.1) is 0 Å². The quantitative estimate of drug-likeness (QED) is 0.855. The van der Waals surface area contributed by atoms with Crippen LogP contribution < -0.4 is 15.5 Å². The van der Waals surface area contributed by atoms with Gasteiger partial charge in [0, 0.05) is 17.6 Å². The Morgan fingerprint density at radius 2 is 1.83 bits per heavy atom. The van der Waals surface area contributed by atoms with E-state index in [1.165, 1.54) is 12.1 Å². The lowest BCUT2D eigenvalue weighted by Crippen LogP contribution is -2.41. The molecule has 1 aromatic rings. The van der Waals surface area contributed by atoms with Crippen molar-refractivity contribution in [2.45, 2.75) is 51.9 Å². The standard InChI is InChI=1S/C16H20BF2NO4/c1-15(2)16(3,4)24-17(23-15)11-8-10-9(5-6-20-13(10)21)7-12(11)22-14(18)19/h7-8,14H,5-6H2,1-4H3,(H,20,21). The summed E-state index contributed by atoms with van der Waals surface area (Å²) in [4.78, 5) is 12.1. The largest absolute Gasteiger partial charge is 0.498 e. The molecule has 2 aliphatic rings. The van der Waals surface area contributed by atoms with Crippen molar-refractivity contribution in [3.8, 4) is 5.75 Å². The molecule has 2 aliphatic heterocycles. The zero-order valence-corrected chi connectivity index (χ0v) is 14.1. The van der Waals surface area contributed by atoms with Crippen LogP contribution in [-0.4, -0.2) is 37.4 Å². The Morgan fingerprint density at radius 3 is 2.42 bits per heavy atom. The molecule has 0 radical (unpaired) electrons. The first-order valence-corrected chi connectivity index (χ1v) is 7.86. The van der Waals surface area contributed by atoms with Crippen LogP contribution >= 0.6 is 0 Å². The average molecular weight is 339 g/mol. The fourth-order valence-electron chi connectivity index (χ4n) is 2.82. The van der Waals surface area contributed by atoms with Gasteiger partial charge in [-0.05, 0) is 51.8 Å². The number of amides is 1. The van der Waals surface area contributed by atoms with E-state index in [4.69, 9.17) is 9.31 Å². The maximum atomic E-state index is 12.8. The van der Waals surface area contributed by atoms with Crippen molar-refractivity contribution in [2.24, 2.45) is 0 Å². The lowest BCUT2D eigenvalue weighted by Gasteiger charge is -2.32. The van der Waals surface area contributed by atoms with E-state index in [9.17, 15) is 13.6 Å². The molecule has 0 aromatic heterocycles. The fraction of sp³-hybridized carbons (Fsp3) is 0.562. The minimum Gasteiger partial charge on any atom is -0.435 e. The van der Waals surface area contributed by atoms with Crippen molar-refractivity contribution in [1.82, 2.24) is 5.32 Å². The van der Waals surface area contributed by atoms with E-state index < -0.39 is 24.9 Å². The van der Waals surface area contributed by atoms with Crippen molar-refractivity contribution in [2.75, 3.05) is 6.54 Å². The molecule has 0 saturated carbocycles. The van der Waals surface area contributed by atoms with Crippen molar-refractivity contribution in [3.63, 3.8) is 0 Å². The van der Waals surface area contributed by atoms with E-state index in [-0.39, 0.29) is 11.7 Å². The summed E-state index contributed by atoms with van der Waals surface area (Å²) in [7, 11) is -0.885. The molecule has 0 aliphatic carbocycles. The van der Waals surface area contributed by atoms with Crippen molar-refractivity contribution >= 4 is 18.5 Å². The van der Waals surface area contributed by atoms with Crippen LogP contribution in [0.2, 0.25) is 0 Å². The number of nitrogens with one attached hydrogen (secondary N) is 1. The monoisotopic (exact) mass is 339 g/mol. The Hall–Kier alpha value is -1.67. The number of ether oxygens (including phenoxy) is 1. The molecule has 3 rings (SSSR count). The van der Waals surface area contributed by atoms with Gasteiger partial charge in [0.25, 0.3) is 5.91 Å². The Balaban J connectivity index is 2.05. The minimum absolute atomic E-state index is 0.0167. The zero-order valence-electron chi connectivity index (χ0n) is 14.1. The second-order valence-corrected chi connectivity index (χ2v) is 7.02. The smallest absolute Gasteiger partial charge is 0.435 e. The molecule has 1 N–H and O–H groups in total. The van der Waals surface area contributed by atoms with Gasteiger partial charge in [0.2, 0.25) is 0 Å². The second kappa shape index (κ2) is 5.70. The topological polar surface area (TPSA) is 56.8 Å². The first-order chi connectivity index (χ1) is 11.1. The predicted molar refractivity (Wildman–Crippen MR) is 84.8 cm³/mol. The van der Waals surface area contributed by atoms with Crippen LogP contribution in [-0.2, 0) is 15.7 Å². The van der Waals surface area contributed by atoms with Crippen molar-refractivity contribution < 1.29 is 27.6 Å². The highest BCUT2D eigenvalue weighted by Gasteiger charge is 2.52. The molecule has 5 nitrogen and oxygen atoms in total. The summed E-state index contributed by atoms with van der Waals surface area (Å²) in [6.07, 6.45) is 0.560. The molecule has 8 heteroatoms. The second-order valence-electron chi connectivity index (χ2n) is 7.02. The van der Waals surface area contributed by atoms with Gasteiger partial charge in [0.1, 0.15) is 5.75 Å².